The van der Waals surface area contributed by atoms with Crippen molar-refractivity contribution in [3.05, 3.63) is 77.2 Å². The summed E-state index contributed by atoms with van der Waals surface area (Å²) in [6.45, 7) is 6.52. The topological polar surface area (TPSA) is 77.2 Å². The van der Waals surface area contributed by atoms with Gasteiger partial charge in [-0.1, -0.05) is 48.5 Å². The van der Waals surface area contributed by atoms with Crippen LogP contribution in [-0.2, 0) is 44.5 Å². The lowest BCUT2D eigenvalue weighted by Crippen LogP contribution is -2.48. The number of piperidine rings is 1. The van der Waals surface area contributed by atoms with Crippen molar-refractivity contribution in [1.29, 1.82) is 0 Å². The standard InChI is InChI=1S/C31H38N6O2/c1-3-23-9-6-10-27-25(19-35(2)29(23)27)20-36-16-13-31(14-17-36)12-7-15-37-21-26(33-34-37)22-39-28-11-5-4-8-24(28)18-32-30(31)38/h4-6,8-11,19,21H,3,7,12-18,20,22H2,1-2H3,(H,32,38). The number of nitrogens with zero attached hydrogens (tertiary/aromatic N) is 5. The molecule has 2 aliphatic rings. The quantitative estimate of drug-likeness (QED) is 0.422. The minimum absolute atomic E-state index is 0.158. The predicted molar refractivity (Wildman–Crippen MR) is 151 cm³/mol. The Bertz CT molecular complexity index is 1460. The first-order valence-corrected chi connectivity index (χ1v) is 14.2. The van der Waals surface area contributed by atoms with Gasteiger partial charge in [0.15, 0.2) is 0 Å². The maximum Gasteiger partial charge on any atom is 0.226 e. The van der Waals surface area contributed by atoms with Crippen LogP contribution in [0.1, 0.15) is 55.0 Å². The molecular formula is C31H38N6O2. The van der Waals surface area contributed by atoms with Gasteiger partial charge in [0.05, 0.1) is 17.1 Å². The molecule has 2 aromatic heterocycles. The smallest absolute Gasteiger partial charge is 0.226 e. The molecular weight excluding hydrogens is 488 g/mol. The Morgan fingerprint density at radius 3 is 2.69 bits per heavy atom. The monoisotopic (exact) mass is 526 g/mol. The molecule has 0 radical (unpaired) electrons. The number of amides is 1. The molecule has 0 atom stereocenters. The fourth-order valence-corrected chi connectivity index (χ4v) is 6.42. The molecule has 1 amide bonds. The molecule has 8 heteroatoms. The number of aromatic nitrogens is 4. The number of hydrogen-bond acceptors (Lipinski definition) is 5. The Morgan fingerprint density at radius 1 is 1.00 bits per heavy atom. The number of nitrogens with one attached hydrogen (secondary N) is 1. The third kappa shape index (κ3) is 5.17. The zero-order valence-corrected chi connectivity index (χ0v) is 23.0. The zero-order chi connectivity index (χ0) is 26.8. The van der Waals surface area contributed by atoms with E-state index in [2.05, 4.69) is 63.5 Å². The van der Waals surface area contributed by atoms with E-state index in [9.17, 15) is 4.79 Å². The van der Waals surface area contributed by atoms with Crippen LogP contribution in [0.25, 0.3) is 10.9 Å². The van der Waals surface area contributed by atoms with E-state index < -0.39 is 0 Å². The number of likely N-dealkylation sites (tertiary alicyclic amines) is 1. The molecule has 204 valence electrons. The largest absolute Gasteiger partial charge is 0.487 e. The van der Waals surface area contributed by atoms with Crippen molar-refractivity contribution in [2.24, 2.45) is 12.5 Å². The number of hydrogen-bond donors (Lipinski definition) is 1. The lowest BCUT2D eigenvalue weighted by molar-refractivity contribution is -0.135. The van der Waals surface area contributed by atoms with Gasteiger partial charge in [0.2, 0.25) is 5.91 Å². The molecule has 2 aromatic carbocycles. The molecule has 4 aromatic rings. The van der Waals surface area contributed by atoms with Gasteiger partial charge in [-0.05, 0) is 62.4 Å². The second-order valence-electron chi connectivity index (χ2n) is 11.1. The van der Waals surface area contributed by atoms with Crippen molar-refractivity contribution in [2.45, 2.75) is 65.3 Å². The third-order valence-corrected chi connectivity index (χ3v) is 8.65. The number of aryl methyl sites for hydroxylation is 3. The number of carbonyl (C=O) groups excluding carboxylic acids is 1. The molecule has 1 N–H and O–H groups in total. The number of benzene rings is 2. The van der Waals surface area contributed by atoms with Crippen LogP contribution < -0.4 is 10.1 Å². The Kier molecular flexibility index (Phi) is 7.12. The van der Waals surface area contributed by atoms with Gasteiger partial charge in [-0.2, -0.15) is 0 Å². The maximum absolute atomic E-state index is 13.8. The van der Waals surface area contributed by atoms with Crippen LogP contribution in [0, 0.1) is 5.41 Å². The molecule has 2 bridgehead atoms. The molecule has 1 saturated heterocycles. The Balaban J connectivity index is 1.20. The average Bonchev–Trinajstić information content (AvgIpc) is 3.55. The van der Waals surface area contributed by atoms with Gasteiger partial charge < -0.3 is 14.6 Å². The van der Waals surface area contributed by atoms with Gasteiger partial charge in [-0.25, -0.2) is 0 Å². The summed E-state index contributed by atoms with van der Waals surface area (Å²) in [4.78, 5) is 16.3. The number of rotatable bonds is 3. The van der Waals surface area contributed by atoms with E-state index >= 15 is 0 Å². The molecule has 8 nitrogen and oxygen atoms in total. The molecule has 39 heavy (non-hydrogen) atoms. The zero-order valence-electron chi connectivity index (χ0n) is 23.0. The summed E-state index contributed by atoms with van der Waals surface area (Å²) in [7, 11) is 2.15. The van der Waals surface area contributed by atoms with Crippen molar-refractivity contribution in [3.8, 4) is 5.75 Å². The first-order chi connectivity index (χ1) is 19.0. The Morgan fingerprint density at radius 2 is 1.85 bits per heavy atom. The number of ether oxygens (including phenoxy) is 1. The van der Waals surface area contributed by atoms with Crippen LogP contribution in [0.4, 0.5) is 0 Å². The summed E-state index contributed by atoms with van der Waals surface area (Å²) < 4.78 is 10.2. The fourth-order valence-electron chi connectivity index (χ4n) is 6.42. The van der Waals surface area contributed by atoms with Crippen molar-refractivity contribution < 1.29 is 9.53 Å². The molecule has 0 saturated carbocycles. The highest BCUT2D eigenvalue weighted by atomic mass is 16.5. The van der Waals surface area contributed by atoms with Crippen molar-refractivity contribution in [1.82, 2.24) is 29.8 Å². The summed E-state index contributed by atoms with van der Waals surface area (Å²) in [5.41, 5.74) is 5.51. The van der Waals surface area contributed by atoms with E-state index in [1.165, 1.54) is 22.0 Å². The van der Waals surface area contributed by atoms with Gasteiger partial charge in [0.25, 0.3) is 0 Å². The van der Waals surface area contributed by atoms with Gasteiger partial charge in [0.1, 0.15) is 18.1 Å². The van der Waals surface area contributed by atoms with Crippen LogP contribution in [0.5, 0.6) is 5.75 Å². The van der Waals surface area contributed by atoms with E-state index in [0.29, 0.717) is 13.2 Å². The molecule has 1 fully saturated rings. The van der Waals surface area contributed by atoms with Crippen LogP contribution in [-0.4, -0.2) is 43.5 Å². The fraction of sp³-hybridized carbons (Fsp3) is 0.452. The normalized spacial score (nSPS) is 18.4. The van der Waals surface area contributed by atoms with Gasteiger partial charge in [0, 0.05) is 43.8 Å². The van der Waals surface area contributed by atoms with Crippen LogP contribution in [0.15, 0.2) is 54.9 Å². The summed E-state index contributed by atoms with van der Waals surface area (Å²) in [6, 6.07) is 14.6. The van der Waals surface area contributed by atoms with E-state index in [4.69, 9.17) is 4.74 Å². The van der Waals surface area contributed by atoms with Crippen LogP contribution >= 0.6 is 0 Å². The van der Waals surface area contributed by atoms with E-state index in [-0.39, 0.29) is 11.3 Å². The lowest BCUT2D eigenvalue weighted by Gasteiger charge is -2.41. The number of fused-ring (bicyclic) bond motifs is 4. The number of carbonyl (C=O) groups is 1. The molecule has 0 unspecified atom stereocenters. The molecule has 6 rings (SSSR count). The molecule has 0 aliphatic carbocycles. The summed E-state index contributed by atoms with van der Waals surface area (Å²) >= 11 is 0. The lowest BCUT2D eigenvalue weighted by atomic mass is 9.73. The van der Waals surface area contributed by atoms with Crippen LogP contribution in [0.3, 0.4) is 0 Å². The molecule has 2 aliphatic heterocycles. The van der Waals surface area contributed by atoms with Gasteiger partial charge in [-0.15, -0.1) is 5.10 Å². The first-order valence-electron chi connectivity index (χ1n) is 14.2. The Labute approximate surface area is 229 Å². The van der Waals surface area contributed by atoms with Crippen molar-refractivity contribution >= 4 is 16.8 Å². The molecule has 1 spiro atoms. The third-order valence-electron chi connectivity index (χ3n) is 8.65. The van der Waals surface area contributed by atoms with Crippen molar-refractivity contribution in [2.75, 3.05) is 13.1 Å². The highest BCUT2D eigenvalue weighted by Gasteiger charge is 2.41. The Hall–Kier alpha value is -3.65. The van der Waals surface area contributed by atoms with Gasteiger partial charge in [-0.3, -0.25) is 14.4 Å². The minimum Gasteiger partial charge on any atom is -0.487 e. The second kappa shape index (κ2) is 10.8. The van der Waals surface area contributed by atoms with Crippen molar-refractivity contribution in [3.63, 3.8) is 0 Å². The van der Waals surface area contributed by atoms with Gasteiger partial charge >= 0.3 is 0 Å². The summed E-state index contributed by atoms with van der Waals surface area (Å²) in [5.74, 6) is 0.931. The highest BCUT2D eigenvalue weighted by molar-refractivity contribution is 5.87. The van der Waals surface area contributed by atoms with E-state index in [1.54, 1.807) is 0 Å². The summed E-state index contributed by atoms with van der Waals surface area (Å²) in [5, 5.41) is 13.2. The SMILES string of the molecule is CCc1cccc2c(CN3CCC4(CCCn5cc(nn5)COc5ccccc5CNC4=O)CC3)cn(C)c12. The first kappa shape index (κ1) is 25.6. The van der Waals surface area contributed by atoms with E-state index in [1.807, 2.05) is 35.1 Å². The minimum atomic E-state index is -0.381. The van der Waals surface area contributed by atoms with E-state index in [0.717, 1.165) is 75.3 Å². The highest BCUT2D eigenvalue weighted by Crippen LogP contribution is 2.38. The average molecular weight is 527 g/mol. The van der Waals surface area contributed by atoms with Crippen LogP contribution in [0.2, 0.25) is 0 Å². The number of para-hydroxylation sites is 2. The maximum atomic E-state index is 13.8. The predicted octanol–water partition coefficient (Wildman–Crippen LogP) is 4.60. The molecule has 4 heterocycles. The second-order valence-corrected chi connectivity index (χ2v) is 11.1. The summed E-state index contributed by atoms with van der Waals surface area (Å²) in [6.07, 6.45) is 8.70.